The molecule has 2 rings (SSSR count). The van der Waals surface area contributed by atoms with Gasteiger partial charge in [0.05, 0.1) is 0 Å². The third-order valence-electron chi connectivity index (χ3n) is 3.53. The van der Waals surface area contributed by atoms with Crippen LogP contribution < -0.4 is 0 Å². The van der Waals surface area contributed by atoms with Gasteiger partial charge >= 0.3 is 5.97 Å². The summed E-state index contributed by atoms with van der Waals surface area (Å²) >= 11 is 0. The van der Waals surface area contributed by atoms with Crippen LogP contribution in [0.3, 0.4) is 0 Å². The normalized spacial score (nSPS) is 22.5. The topological polar surface area (TPSA) is 40.5 Å². The van der Waals surface area contributed by atoms with Gasteiger partial charge in [0.15, 0.2) is 0 Å². The van der Waals surface area contributed by atoms with Gasteiger partial charge in [-0.05, 0) is 30.9 Å². The largest absolute Gasteiger partial charge is 0.480 e. The molecule has 1 aliphatic rings. The number of rotatable bonds is 4. The highest BCUT2D eigenvalue weighted by molar-refractivity contribution is 5.73. The number of hydrogen-bond donors (Lipinski definition) is 1. The van der Waals surface area contributed by atoms with Crippen LogP contribution in [0.4, 0.5) is 0 Å². The Morgan fingerprint density at radius 1 is 1.47 bits per heavy atom. The van der Waals surface area contributed by atoms with Crippen molar-refractivity contribution in [2.45, 2.75) is 31.7 Å². The van der Waals surface area contributed by atoms with Gasteiger partial charge in [0.2, 0.25) is 0 Å². The Morgan fingerprint density at radius 2 is 2.18 bits per heavy atom. The number of benzene rings is 1. The maximum Gasteiger partial charge on any atom is 0.320 e. The van der Waals surface area contributed by atoms with E-state index in [4.69, 9.17) is 5.11 Å². The van der Waals surface area contributed by atoms with Crippen molar-refractivity contribution in [2.75, 3.05) is 13.1 Å². The van der Waals surface area contributed by atoms with E-state index >= 15 is 0 Å². The molecule has 92 valence electrons. The van der Waals surface area contributed by atoms with Crippen molar-refractivity contribution in [3.63, 3.8) is 0 Å². The molecule has 1 saturated heterocycles. The van der Waals surface area contributed by atoms with Gasteiger partial charge in [-0.3, -0.25) is 9.69 Å². The molecule has 1 heterocycles. The molecule has 0 spiro atoms. The highest BCUT2D eigenvalue weighted by atomic mass is 16.4. The van der Waals surface area contributed by atoms with Crippen molar-refractivity contribution in [3.05, 3.63) is 35.9 Å². The summed E-state index contributed by atoms with van der Waals surface area (Å²) in [6.07, 6.45) is 1.79. The molecule has 0 saturated carbocycles. The first-order chi connectivity index (χ1) is 8.18. The second kappa shape index (κ2) is 5.32. The Bertz CT molecular complexity index is 377. The summed E-state index contributed by atoms with van der Waals surface area (Å²) in [7, 11) is 0. The SMILES string of the molecule is CC(CN1CCC[C@H]1C(=O)O)c1ccccc1. The van der Waals surface area contributed by atoms with Gasteiger partial charge in [0, 0.05) is 6.54 Å². The van der Waals surface area contributed by atoms with Crippen LogP contribution in [0.2, 0.25) is 0 Å². The van der Waals surface area contributed by atoms with Crippen molar-refractivity contribution in [1.29, 1.82) is 0 Å². The van der Waals surface area contributed by atoms with Crippen LogP contribution in [0.1, 0.15) is 31.2 Å². The number of carboxylic acids is 1. The maximum atomic E-state index is 11.1. The summed E-state index contributed by atoms with van der Waals surface area (Å²) < 4.78 is 0. The number of aliphatic carboxylic acids is 1. The fourth-order valence-corrected chi connectivity index (χ4v) is 2.56. The number of hydrogen-bond acceptors (Lipinski definition) is 2. The van der Waals surface area contributed by atoms with Crippen LogP contribution in [-0.2, 0) is 4.79 Å². The van der Waals surface area contributed by atoms with E-state index in [9.17, 15) is 4.79 Å². The first-order valence-corrected chi connectivity index (χ1v) is 6.20. The quantitative estimate of drug-likeness (QED) is 0.867. The Hall–Kier alpha value is -1.35. The molecule has 0 bridgehead atoms. The summed E-state index contributed by atoms with van der Waals surface area (Å²) in [4.78, 5) is 13.2. The van der Waals surface area contributed by atoms with E-state index in [1.54, 1.807) is 0 Å². The predicted octanol–water partition coefficient (Wildman–Crippen LogP) is 2.34. The summed E-state index contributed by atoms with van der Waals surface area (Å²) in [6, 6.07) is 10.0. The van der Waals surface area contributed by atoms with Gasteiger partial charge < -0.3 is 5.11 Å². The highest BCUT2D eigenvalue weighted by Gasteiger charge is 2.31. The van der Waals surface area contributed by atoms with Crippen LogP contribution in [0.25, 0.3) is 0 Å². The molecular weight excluding hydrogens is 214 g/mol. The van der Waals surface area contributed by atoms with Gasteiger partial charge in [-0.1, -0.05) is 37.3 Å². The molecule has 2 atom stereocenters. The van der Waals surface area contributed by atoms with Crippen molar-refractivity contribution in [1.82, 2.24) is 4.90 Å². The number of nitrogens with zero attached hydrogens (tertiary/aromatic N) is 1. The third-order valence-corrected chi connectivity index (χ3v) is 3.53. The zero-order valence-electron chi connectivity index (χ0n) is 10.2. The first-order valence-electron chi connectivity index (χ1n) is 6.20. The lowest BCUT2D eigenvalue weighted by Gasteiger charge is -2.24. The van der Waals surface area contributed by atoms with Gasteiger partial charge in [-0.25, -0.2) is 0 Å². The summed E-state index contributed by atoms with van der Waals surface area (Å²) in [5, 5.41) is 9.13. The maximum absolute atomic E-state index is 11.1. The van der Waals surface area contributed by atoms with E-state index in [0.29, 0.717) is 5.92 Å². The Kier molecular flexibility index (Phi) is 3.79. The lowest BCUT2D eigenvalue weighted by atomic mass is 10.0. The Balaban J connectivity index is 1.99. The molecule has 1 N–H and O–H groups in total. The molecule has 0 radical (unpaired) electrons. The molecule has 0 amide bonds. The minimum absolute atomic E-state index is 0.277. The van der Waals surface area contributed by atoms with E-state index in [1.807, 2.05) is 18.2 Å². The second-order valence-electron chi connectivity index (χ2n) is 4.80. The molecule has 17 heavy (non-hydrogen) atoms. The average Bonchev–Trinajstić information content (AvgIpc) is 2.78. The fraction of sp³-hybridized carbons (Fsp3) is 0.500. The van der Waals surface area contributed by atoms with Crippen molar-refractivity contribution >= 4 is 5.97 Å². The van der Waals surface area contributed by atoms with Gasteiger partial charge in [0.25, 0.3) is 0 Å². The lowest BCUT2D eigenvalue weighted by molar-refractivity contribution is -0.142. The van der Waals surface area contributed by atoms with Crippen molar-refractivity contribution in [2.24, 2.45) is 0 Å². The Labute approximate surface area is 102 Å². The summed E-state index contributed by atoms with van der Waals surface area (Å²) in [5.74, 6) is -0.293. The minimum Gasteiger partial charge on any atom is -0.480 e. The molecule has 1 unspecified atom stereocenters. The molecule has 0 aromatic heterocycles. The summed E-state index contributed by atoms with van der Waals surface area (Å²) in [5.41, 5.74) is 1.28. The van der Waals surface area contributed by atoms with Gasteiger partial charge in [-0.15, -0.1) is 0 Å². The predicted molar refractivity (Wildman–Crippen MR) is 67.1 cm³/mol. The summed E-state index contributed by atoms with van der Waals surface area (Å²) in [6.45, 7) is 3.90. The molecule has 1 fully saturated rings. The van der Waals surface area contributed by atoms with Crippen molar-refractivity contribution < 1.29 is 9.90 Å². The molecular formula is C14H19NO2. The third kappa shape index (κ3) is 2.86. The zero-order valence-corrected chi connectivity index (χ0v) is 10.2. The van der Waals surface area contributed by atoms with Crippen LogP contribution in [-0.4, -0.2) is 35.1 Å². The second-order valence-corrected chi connectivity index (χ2v) is 4.80. The van der Waals surface area contributed by atoms with Crippen molar-refractivity contribution in [3.8, 4) is 0 Å². The smallest absolute Gasteiger partial charge is 0.320 e. The van der Waals surface area contributed by atoms with E-state index < -0.39 is 5.97 Å². The first kappa shape index (κ1) is 12.1. The molecule has 1 aromatic rings. The number of carbonyl (C=O) groups is 1. The monoisotopic (exact) mass is 233 g/mol. The molecule has 3 heteroatoms. The van der Waals surface area contributed by atoms with Crippen LogP contribution in [0.5, 0.6) is 0 Å². The highest BCUT2D eigenvalue weighted by Crippen LogP contribution is 2.23. The zero-order chi connectivity index (χ0) is 12.3. The molecule has 3 nitrogen and oxygen atoms in total. The molecule has 0 aliphatic carbocycles. The van der Waals surface area contributed by atoms with E-state index in [1.165, 1.54) is 5.56 Å². The van der Waals surface area contributed by atoms with E-state index in [2.05, 4.69) is 24.0 Å². The average molecular weight is 233 g/mol. The van der Waals surface area contributed by atoms with E-state index in [-0.39, 0.29) is 6.04 Å². The van der Waals surface area contributed by atoms with Crippen LogP contribution in [0.15, 0.2) is 30.3 Å². The van der Waals surface area contributed by atoms with E-state index in [0.717, 1.165) is 25.9 Å². The Morgan fingerprint density at radius 3 is 2.82 bits per heavy atom. The van der Waals surface area contributed by atoms with Gasteiger partial charge in [0.1, 0.15) is 6.04 Å². The van der Waals surface area contributed by atoms with Gasteiger partial charge in [-0.2, -0.15) is 0 Å². The lowest BCUT2D eigenvalue weighted by Crippen LogP contribution is -2.38. The number of carboxylic acid groups (broad SMARTS) is 1. The minimum atomic E-state index is -0.678. The number of likely N-dealkylation sites (tertiary alicyclic amines) is 1. The van der Waals surface area contributed by atoms with Crippen LogP contribution >= 0.6 is 0 Å². The molecule has 1 aromatic carbocycles. The van der Waals surface area contributed by atoms with Crippen LogP contribution in [0, 0.1) is 0 Å². The standard InChI is InChI=1S/C14H19NO2/c1-11(12-6-3-2-4-7-12)10-15-9-5-8-13(15)14(16)17/h2-4,6-7,11,13H,5,8-10H2,1H3,(H,16,17)/t11?,13-/m0/s1. The molecule has 1 aliphatic heterocycles. The fourth-order valence-electron chi connectivity index (χ4n) is 2.56.